The molecule has 0 radical (unpaired) electrons. The average Bonchev–Trinajstić information content (AvgIpc) is 2.20. The molecule has 0 saturated carbocycles. The van der Waals surface area contributed by atoms with Crippen molar-refractivity contribution < 1.29 is 0 Å². The van der Waals surface area contributed by atoms with E-state index in [4.69, 9.17) is 0 Å². The maximum absolute atomic E-state index is 4.36. The van der Waals surface area contributed by atoms with Crippen LogP contribution in [-0.2, 0) is 0 Å². The molecular formula is C12H18N2. The lowest BCUT2D eigenvalue weighted by Crippen LogP contribution is -2.29. The second-order valence-corrected chi connectivity index (χ2v) is 4.23. The summed E-state index contributed by atoms with van der Waals surface area (Å²) in [5.41, 5.74) is 2.48. The van der Waals surface area contributed by atoms with Gasteiger partial charge in [0.15, 0.2) is 0 Å². The molecule has 2 nitrogen and oxygen atoms in total. The number of hydrogen-bond donors (Lipinski definition) is 0. The van der Waals surface area contributed by atoms with E-state index in [0.29, 0.717) is 6.04 Å². The Balaban J connectivity index is 2.16. The first-order valence-electron chi connectivity index (χ1n) is 5.40. The van der Waals surface area contributed by atoms with Gasteiger partial charge < -0.3 is 0 Å². The number of pyridine rings is 1. The number of nitrogens with zero attached hydrogens (tertiary/aromatic N) is 2. The minimum absolute atomic E-state index is 0.594. The quantitative estimate of drug-likeness (QED) is 0.676. The summed E-state index contributed by atoms with van der Waals surface area (Å²) < 4.78 is 0. The predicted molar refractivity (Wildman–Crippen MR) is 58.2 cm³/mol. The van der Waals surface area contributed by atoms with E-state index in [2.05, 4.69) is 29.1 Å². The van der Waals surface area contributed by atoms with Gasteiger partial charge in [-0.25, -0.2) is 0 Å². The molecule has 2 heteroatoms. The zero-order valence-corrected chi connectivity index (χ0v) is 9.03. The number of likely N-dealkylation sites (tertiary alicyclic amines) is 1. The standard InChI is InChI=1S/C12H18N2/c1-10-6-7-11(9-13-10)12-5-3-4-8-14(12)2/h6-7,9,12H,3-5,8H2,1-2H3/t12-/m0/s1. The Morgan fingerprint density at radius 3 is 2.86 bits per heavy atom. The van der Waals surface area contributed by atoms with Crippen molar-refractivity contribution in [2.45, 2.75) is 32.2 Å². The first-order valence-corrected chi connectivity index (χ1v) is 5.40. The van der Waals surface area contributed by atoms with E-state index in [9.17, 15) is 0 Å². The lowest BCUT2D eigenvalue weighted by molar-refractivity contribution is 0.187. The van der Waals surface area contributed by atoms with Crippen LogP contribution in [0.1, 0.15) is 36.6 Å². The number of aryl methyl sites for hydroxylation is 1. The van der Waals surface area contributed by atoms with Crippen LogP contribution in [0.2, 0.25) is 0 Å². The van der Waals surface area contributed by atoms with Crippen LogP contribution < -0.4 is 0 Å². The summed E-state index contributed by atoms with van der Waals surface area (Å²) in [7, 11) is 2.21. The molecule has 2 rings (SSSR count). The molecule has 1 atom stereocenters. The molecular weight excluding hydrogens is 172 g/mol. The van der Waals surface area contributed by atoms with Crippen molar-refractivity contribution >= 4 is 0 Å². The number of hydrogen-bond acceptors (Lipinski definition) is 2. The monoisotopic (exact) mass is 190 g/mol. The van der Waals surface area contributed by atoms with Gasteiger partial charge in [-0.05, 0) is 45.0 Å². The Morgan fingerprint density at radius 1 is 1.36 bits per heavy atom. The van der Waals surface area contributed by atoms with E-state index in [0.717, 1.165) is 5.69 Å². The van der Waals surface area contributed by atoms with Crippen LogP contribution in [0.5, 0.6) is 0 Å². The predicted octanol–water partition coefficient (Wildman–Crippen LogP) is 2.55. The first kappa shape index (κ1) is 9.66. The molecule has 1 aliphatic rings. The van der Waals surface area contributed by atoms with Gasteiger partial charge in [0.1, 0.15) is 0 Å². The molecule has 1 aromatic rings. The van der Waals surface area contributed by atoms with Crippen LogP contribution in [-0.4, -0.2) is 23.5 Å². The van der Waals surface area contributed by atoms with Crippen molar-refractivity contribution in [2.24, 2.45) is 0 Å². The fourth-order valence-electron chi connectivity index (χ4n) is 2.17. The van der Waals surface area contributed by atoms with Gasteiger partial charge in [-0.15, -0.1) is 0 Å². The summed E-state index contributed by atoms with van der Waals surface area (Å²) in [6.45, 7) is 3.26. The van der Waals surface area contributed by atoms with Gasteiger partial charge in [0, 0.05) is 17.9 Å². The van der Waals surface area contributed by atoms with Crippen molar-refractivity contribution in [3.05, 3.63) is 29.6 Å². The lowest BCUT2D eigenvalue weighted by Gasteiger charge is -2.32. The molecule has 1 fully saturated rings. The zero-order chi connectivity index (χ0) is 9.97. The van der Waals surface area contributed by atoms with E-state index in [-0.39, 0.29) is 0 Å². The van der Waals surface area contributed by atoms with E-state index in [1.165, 1.54) is 31.4 Å². The third-order valence-electron chi connectivity index (χ3n) is 3.09. The third-order valence-corrected chi connectivity index (χ3v) is 3.09. The van der Waals surface area contributed by atoms with Crippen molar-refractivity contribution in [3.63, 3.8) is 0 Å². The summed E-state index contributed by atoms with van der Waals surface area (Å²) in [6.07, 6.45) is 6.00. The third kappa shape index (κ3) is 1.95. The lowest BCUT2D eigenvalue weighted by atomic mass is 9.97. The number of rotatable bonds is 1. The topological polar surface area (TPSA) is 16.1 Å². The fraction of sp³-hybridized carbons (Fsp3) is 0.583. The highest BCUT2D eigenvalue weighted by atomic mass is 15.1. The molecule has 1 aliphatic heterocycles. The number of aromatic nitrogens is 1. The minimum atomic E-state index is 0.594. The normalized spacial score (nSPS) is 23.7. The van der Waals surface area contributed by atoms with Crippen LogP contribution in [0.15, 0.2) is 18.3 Å². The van der Waals surface area contributed by atoms with Gasteiger partial charge in [0.25, 0.3) is 0 Å². The summed E-state index contributed by atoms with van der Waals surface area (Å²) in [5.74, 6) is 0. The van der Waals surface area contributed by atoms with Crippen LogP contribution >= 0.6 is 0 Å². The molecule has 1 saturated heterocycles. The molecule has 0 amide bonds. The van der Waals surface area contributed by atoms with Gasteiger partial charge in [0.05, 0.1) is 0 Å². The highest BCUT2D eigenvalue weighted by Gasteiger charge is 2.20. The molecule has 0 unspecified atom stereocenters. The van der Waals surface area contributed by atoms with Crippen LogP contribution in [0.25, 0.3) is 0 Å². The Hall–Kier alpha value is -0.890. The summed E-state index contributed by atoms with van der Waals surface area (Å²) in [6, 6.07) is 4.92. The average molecular weight is 190 g/mol. The van der Waals surface area contributed by atoms with Crippen LogP contribution in [0.4, 0.5) is 0 Å². The summed E-state index contributed by atoms with van der Waals surface area (Å²) in [4.78, 5) is 6.80. The van der Waals surface area contributed by atoms with Crippen molar-refractivity contribution in [1.82, 2.24) is 9.88 Å². The molecule has 1 aromatic heterocycles. The fourth-order valence-corrected chi connectivity index (χ4v) is 2.17. The molecule has 76 valence electrons. The molecule has 2 heterocycles. The molecule has 0 aromatic carbocycles. The Kier molecular flexibility index (Phi) is 2.82. The van der Waals surface area contributed by atoms with Gasteiger partial charge in [-0.1, -0.05) is 12.5 Å². The molecule has 0 aliphatic carbocycles. The van der Waals surface area contributed by atoms with Crippen molar-refractivity contribution in [2.75, 3.05) is 13.6 Å². The highest BCUT2D eigenvalue weighted by Crippen LogP contribution is 2.28. The first-order chi connectivity index (χ1) is 6.77. The smallest absolute Gasteiger partial charge is 0.0372 e. The second-order valence-electron chi connectivity index (χ2n) is 4.23. The van der Waals surface area contributed by atoms with Crippen LogP contribution in [0.3, 0.4) is 0 Å². The molecule has 0 spiro atoms. The highest BCUT2D eigenvalue weighted by molar-refractivity contribution is 5.17. The zero-order valence-electron chi connectivity index (χ0n) is 9.03. The van der Waals surface area contributed by atoms with Gasteiger partial charge in [-0.3, -0.25) is 9.88 Å². The van der Waals surface area contributed by atoms with Crippen molar-refractivity contribution in [3.8, 4) is 0 Å². The van der Waals surface area contributed by atoms with Gasteiger partial charge in [0.2, 0.25) is 0 Å². The molecule has 14 heavy (non-hydrogen) atoms. The second kappa shape index (κ2) is 4.09. The molecule has 0 N–H and O–H groups in total. The van der Waals surface area contributed by atoms with Gasteiger partial charge >= 0.3 is 0 Å². The van der Waals surface area contributed by atoms with E-state index < -0.39 is 0 Å². The largest absolute Gasteiger partial charge is 0.299 e. The minimum Gasteiger partial charge on any atom is -0.299 e. The van der Waals surface area contributed by atoms with Gasteiger partial charge in [-0.2, -0.15) is 0 Å². The molecule has 0 bridgehead atoms. The summed E-state index contributed by atoms with van der Waals surface area (Å²) in [5, 5.41) is 0. The Morgan fingerprint density at radius 2 is 2.21 bits per heavy atom. The maximum atomic E-state index is 4.36. The van der Waals surface area contributed by atoms with Crippen LogP contribution in [0, 0.1) is 6.92 Å². The summed E-state index contributed by atoms with van der Waals surface area (Å²) >= 11 is 0. The number of piperidine rings is 1. The van der Waals surface area contributed by atoms with E-state index in [1.54, 1.807) is 0 Å². The Labute approximate surface area is 86.0 Å². The Bertz CT molecular complexity index is 292. The maximum Gasteiger partial charge on any atom is 0.0372 e. The SMILES string of the molecule is Cc1ccc([C@@H]2CCCCN2C)cn1. The van der Waals surface area contributed by atoms with E-state index in [1.807, 2.05) is 13.1 Å². The van der Waals surface area contributed by atoms with Crippen molar-refractivity contribution in [1.29, 1.82) is 0 Å². The van der Waals surface area contributed by atoms with E-state index >= 15 is 0 Å².